The van der Waals surface area contributed by atoms with E-state index in [1.165, 1.54) is 0 Å². The molecule has 19 heavy (non-hydrogen) atoms. The summed E-state index contributed by atoms with van der Waals surface area (Å²) in [5, 5.41) is 7.96. The Morgan fingerprint density at radius 2 is 2.05 bits per heavy atom. The molecule has 2 aromatic heterocycles. The van der Waals surface area contributed by atoms with Gasteiger partial charge in [-0.2, -0.15) is 0 Å². The monoisotopic (exact) mass is 263 g/mol. The van der Waals surface area contributed by atoms with Crippen molar-refractivity contribution < 1.29 is 0 Å². The highest BCUT2D eigenvalue weighted by atomic mass is 16.2. The van der Waals surface area contributed by atoms with E-state index in [9.17, 15) is 9.59 Å². The van der Waals surface area contributed by atoms with Crippen LogP contribution in [0.4, 0.5) is 0 Å². The molecule has 2 N–H and O–H groups in total. The van der Waals surface area contributed by atoms with Crippen LogP contribution < -0.4 is 11.2 Å². The maximum absolute atomic E-state index is 11.8. The Balaban J connectivity index is 2.44. The fourth-order valence-electron chi connectivity index (χ4n) is 2.02. The van der Waals surface area contributed by atoms with Gasteiger partial charge in [0.2, 0.25) is 0 Å². The Hall–Kier alpha value is -2.18. The van der Waals surface area contributed by atoms with Crippen molar-refractivity contribution >= 4 is 0 Å². The molecule has 0 amide bonds. The van der Waals surface area contributed by atoms with Crippen LogP contribution in [0.5, 0.6) is 0 Å². The zero-order chi connectivity index (χ0) is 14.0. The molecule has 2 heterocycles. The minimum atomic E-state index is -0.500. The van der Waals surface area contributed by atoms with Gasteiger partial charge in [0.15, 0.2) is 0 Å². The zero-order valence-electron chi connectivity index (χ0n) is 11.2. The fourth-order valence-corrected chi connectivity index (χ4v) is 2.02. The van der Waals surface area contributed by atoms with Crippen LogP contribution >= 0.6 is 0 Å². The van der Waals surface area contributed by atoms with E-state index >= 15 is 0 Å². The number of nitrogens with one attached hydrogen (secondary N) is 2. The molecule has 0 bridgehead atoms. The van der Waals surface area contributed by atoms with Gasteiger partial charge < -0.3 is 4.98 Å². The third kappa shape index (κ3) is 2.81. The number of aryl methyl sites for hydroxylation is 1. The van der Waals surface area contributed by atoms with Crippen LogP contribution in [-0.4, -0.2) is 25.0 Å². The number of aromatic nitrogens is 5. The molecule has 0 unspecified atom stereocenters. The highest BCUT2D eigenvalue weighted by molar-refractivity contribution is 5.20. The van der Waals surface area contributed by atoms with Crippen molar-refractivity contribution in [1.82, 2.24) is 25.0 Å². The highest BCUT2D eigenvalue weighted by Gasteiger charge is 2.14. The van der Waals surface area contributed by atoms with Crippen LogP contribution in [0.3, 0.4) is 0 Å². The van der Waals surface area contributed by atoms with Gasteiger partial charge in [0, 0.05) is 11.8 Å². The van der Waals surface area contributed by atoms with E-state index < -0.39 is 5.69 Å². The van der Waals surface area contributed by atoms with E-state index in [2.05, 4.69) is 20.3 Å². The van der Waals surface area contributed by atoms with E-state index in [-0.39, 0.29) is 11.5 Å². The second-order valence-corrected chi connectivity index (χ2v) is 4.72. The summed E-state index contributed by atoms with van der Waals surface area (Å²) in [6.45, 7) is 6.14. The molecule has 0 aromatic carbocycles. The molecule has 0 atom stereocenters. The van der Waals surface area contributed by atoms with Crippen LogP contribution in [0.1, 0.15) is 43.6 Å². The third-order valence-electron chi connectivity index (χ3n) is 2.91. The smallest absolute Gasteiger partial charge is 0.309 e. The van der Waals surface area contributed by atoms with Gasteiger partial charge in [-0.25, -0.2) is 9.48 Å². The number of H-pyrrole nitrogens is 2. The lowest BCUT2D eigenvalue weighted by atomic mass is 10.0. The number of hydrogen-bond donors (Lipinski definition) is 2. The van der Waals surface area contributed by atoms with E-state index in [0.717, 1.165) is 12.1 Å². The molecular formula is C12H17N5O2. The van der Waals surface area contributed by atoms with Gasteiger partial charge in [0.25, 0.3) is 5.56 Å². The van der Waals surface area contributed by atoms with Gasteiger partial charge in [-0.15, -0.1) is 5.10 Å². The minimum Gasteiger partial charge on any atom is -0.309 e. The van der Waals surface area contributed by atoms with Crippen LogP contribution in [0, 0.1) is 0 Å². The first-order chi connectivity index (χ1) is 9.01. The number of nitrogens with zero attached hydrogens (tertiary/aromatic N) is 3. The summed E-state index contributed by atoms with van der Waals surface area (Å²) in [5.41, 5.74) is 1.19. The SMILES string of the molecule is CCc1cn(Cc2[nH]c(=O)[nH]c(=O)c2C(C)C)nn1. The van der Waals surface area contributed by atoms with Crippen molar-refractivity contribution in [3.05, 3.63) is 44.0 Å². The molecule has 2 aromatic rings. The van der Waals surface area contributed by atoms with Crippen molar-refractivity contribution in [2.45, 2.75) is 39.7 Å². The number of rotatable bonds is 4. The quantitative estimate of drug-likeness (QED) is 0.833. The lowest BCUT2D eigenvalue weighted by Gasteiger charge is -2.10. The molecule has 0 saturated heterocycles. The van der Waals surface area contributed by atoms with Gasteiger partial charge in [0.05, 0.1) is 17.9 Å². The molecular weight excluding hydrogens is 246 g/mol. The molecule has 102 valence electrons. The Labute approximate surface area is 109 Å². The van der Waals surface area contributed by atoms with Gasteiger partial charge in [-0.1, -0.05) is 26.0 Å². The first-order valence-corrected chi connectivity index (χ1v) is 6.25. The Kier molecular flexibility index (Phi) is 3.64. The Morgan fingerprint density at radius 1 is 1.32 bits per heavy atom. The average Bonchev–Trinajstić information content (AvgIpc) is 2.75. The predicted octanol–water partition coefficient (Wildman–Crippen LogP) is 0.389. The van der Waals surface area contributed by atoms with Crippen LogP contribution in [0.15, 0.2) is 15.8 Å². The summed E-state index contributed by atoms with van der Waals surface area (Å²) in [6.07, 6.45) is 2.60. The summed E-state index contributed by atoms with van der Waals surface area (Å²) in [5.74, 6) is 0.0183. The highest BCUT2D eigenvalue weighted by Crippen LogP contribution is 2.12. The largest absolute Gasteiger partial charge is 0.325 e. The standard InChI is InChI=1S/C12H17N5O2/c1-4-8-5-17(16-15-8)6-9-10(7(2)3)11(18)14-12(19)13-9/h5,7H,4,6H2,1-3H3,(H2,13,14,18,19). The molecule has 0 radical (unpaired) electrons. The Morgan fingerprint density at radius 3 is 2.63 bits per heavy atom. The second kappa shape index (κ2) is 5.21. The van der Waals surface area contributed by atoms with Gasteiger partial charge in [-0.3, -0.25) is 9.78 Å². The average molecular weight is 263 g/mol. The van der Waals surface area contributed by atoms with Crippen molar-refractivity contribution in [3.63, 3.8) is 0 Å². The van der Waals surface area contributed by atoms with Crippen molar-refractivity contribution in [2.75, 3.05) is 0 Å². The molecule has 0 fully saturated rings. The van der Waals surface area contributed by atoms with E-state index in [4.69, 9.17) is 0 Å². The predicted molar refractivity (Wildman–Crippen MR) is 70.3 cm³/mol. The molecule has 7 heteroatoms. The number of hydrogen-bond acceptors (Lipinski definition) is 4. The summed E-state index contributed by atoms with van der Waals surface area (Å²) >= 11 is 0. The number of aromatic amines is 2. The zero-order valence-corrected chi connectivity index (χ0v) is 11.2. The second-order valence-electron chi connectivity index (χ2n) is 4.72. The van der Waals surface area contributed by atoms with Crippen molar-refractivity contribution in [2.24, 2.45) is 0 Å². The fraction of sp³-hybridized carbons (Fsp3) is 0.500. The maximum atomic E-state index is 11.8. The lowest BCUT2D eigenvalue weighted by Crippen LogP contribution is -2.29. The first kappa shape index (κ1) is 13.3. The van der Waals surface area contributed by atoms with Crippen molar-refractivity contribution in [3.8, 4) is 0 Å². The van der Waals surface area contributed by atoms with Gasteiger partial charge in [-0.05, 0) is 12.3 Å². The summed E-state index contributed by atoms with van der Waals surface area (Å²) < 4.78 is 1.62. The molecule has 0 aliphatic heterocycles. The molecule has 2 rings (SSSR count). The van der Waals surface area contributed by atoms with Gasteiger partial charge in [0.1, 0.15) is 0 Å². The molecule has 0 aliphatic carbocycles. The van der Waals surface area contributed by atoms with Crippen LogP contribution in [0.25, 0.3) is 0 Å². The topological polar surface area (TPSA) is 96.4 Å². The van der Waals surface area contributed by atoms with Crippen LogP contribution in [0.2, 0.25) is 0 Å². The first-order valence-electron chi connectivity index (χ1n) is 6.25. The molecule has 7 nitrogen and oxygen atoms in total. The van der Waals surface area contributed by atoms with Crippen LogP contribution in [-0.2, 0) is 13.0 Å². The molecule has 0 saturated carbocycles. The normalized spacial score (nSPS) is 11.2. The minimum absolute atomic E-state index is 0.0183. The third-order valence-corrected chi connectivity index (χ3v) is 2.91. The maximum Gasteiger partial charge on any atom is 0.325 e. The summed E-state index contributed by atoms with van der Waals surface area (Å²) in [6, 6.07) is 0. The van der Waals surface area contributed by atoms with E-state index in [1.54, 1.807) is 4.68 Å². The summed E-state index contributed by atoms with van der Waals surface area (Å²) in [7, 11) is 0. The molecule has 0 spiro atoms. The van der Waals surface area contributed by atoms with E-state index in [0.29, 0.717) is 17.8 Å². The van der Waals surface area contributed by atoms with Gasteiger partial charge >= 0.3 is 5.69 Å². The Bertz CT molecular complexity index is 680. The van der Waals surface area contributed by atoms with E-state index in [1.807, 2.05) is 27.0 Å². The van der Waals surface area contributed by atoms with Crippen molar-refractivity contribution in [1.29, 1.82) is 0 Å². The molecule has 0 aliphatic rings. The lowest BCUT2D eigenvalue weighted by molar-refractivity contribution is 0.621. The summed E-state index contributed by atoms with van der Waals surface area (Å²) in [4.78, 5) is 28.1.